The molecule has 2 N–H and O–H groups in total. The van der Waals surface area contributed by atoms with Gasteiger partial charge in [0, 0.05) is 36.9 Å². The Bertz CT molecular complexity index is 1590. The van der Waals surface area contributed by atoms with Crippen LogP contribution in [0.2, 0.25) is 0 Å². The number of amides is 1. The Labute approximate surface area is 240 Å². The van der Waals surface area contributed by atoms with Crippen molar-refractivity contribution in [2.75, 3.05) is 18.4 Å². The third-order valence-electron chi connectivity index (χ3n) is 8.08. The number of hydrogen-bond acceptors (Lipinski definition) is 6. The highest BCUT2D eigenvalue weighted by Crippen LogP contribution is 2.47. The van der Waals surface area contributed by atoms with Crippen LogP contribution in [0.4, 0.5) is 18.9 Å². The van der Waals surface area contributed by atoms with Crippen molar-refractivity contribution in [3.05, 3.63) is 69.3 Å². The number of fused-ring (bicyclic) bond motifs is 1. The second-order valence-corrected chi connectivity index (χ2v) is 11.5. The highest BCUT2D eigenvalue weighted by molar-refractivity contribution is 5.94. The molecule has 9 nitrogen and oxygen atoms in total. The number of ether oxygens (including phenoxy) is 1. The Hall–Kier alpha value is -3.93. The van der Waals surface area contributed by atoms with Crippen molar-refractivity contribution >= 4 is 28.5 Å². The number of nitrogens with zero attached hydrogens (tertiary/aromatic N) is 3. The number of morpholine rings is 1. The maximum Gasteiger partial charge on any atom is 0.416 e. The molecule has 5 rings (SSSR count). The average Bonchev–Trinajstić information content (AvgIpc) is 3.70. The molecule has 2 aromatic carbocycles. The molecule has 2 fully saturated rings. The Kier molecular flexibility index (Phi) is 7.55. The molecule has 1 aliphatic carbocycles. The van der Waals surface area contributed by atoms with Crippen molar-refractivity contribution in [2.45, 2.75) is 71.5 Å². The molecule has 3 atom stereocenters. The summed E-state index contributed by atoms with van der Waals surface area (Å²) in [5.41, 5.74) is -1.88. The van der Waals surface area contributed by atoms with Gasteiger partial charge in [-0.15, -0.1) is 0 Å². The molecular weight excluding hydrogens is 553 g/mol. The van der Waals surface area contributed by atoms with Crippen molar-refractivity contribution in [1.29, 1.82) is 0 Å². The lowest BCUT2D eigenvalue weighted by molar-refractivity contribution is -0.144. The van der Waals surface area contributed by atoms with E-state index in [4.69, 9.17) is 4.74 Å². The van der Waals surface area contributed by atoms with E-state index in [9.17, 15) is 32.7 Å². The number of aliphatic carboxylic acids is 1. The number of alkyl halides is 3. The van der Waals surface area contributed by atoms with E-state index >= 15 is 0 Å². The first-order valence-electron chi connectivity index (χ1n) is 13.9. The molecule has 12 heteroatoms. The van der Waals surface area contributed by atoms with Crippen LogP contribution in [0.15, 0.2) is 41.2 Å². The quantitative estimate of drug-likeness (QED) is 0.400. The summed E-state index contributed by atoms with van der Waals surface area (Å²) < 4.78 is 49.5. The normalized spacial score (nSPS) is 20.8. The summed E-state index contributed by atoms with van der Waals surface area (Å²) in [4.78, 5) is 44.1. The largest absolute Gasteiger partial charge is 0.481 e. The van der Waals surface area contributed by atoms with E-state index in [1.54, 1.807) is 36.1 Å². The van der Waals surface area contributed by atoms with Gasteiger partial charge in [0.2, 0.25) is 0 Å². The zero-order valence-corrected chi connectivity index (χ0v) is 23.8. The lowest BCUT2D eigenvalue weighted by Gasteiger charge is -2.35. The van der Waals surface area contributed by atoms with Gasteiger partial charge in [0.15, 0.2) is 0 Å². The number of anilines is 1. The van der Waals surface area contributed by atoms with Gasteiger partial charge in [-0.25, -0.2) is 4.98 Å². The first kappa shape index (κ1) is 29.6. The zero-order chi connectivity index (χ0) is 30.6. The summed E-state index contributed by atoms with van der Waals surface area (Å²) in [6, 6.07) is 7.69. The van der Waals surface area contributed by atoms with E-state index in [2.05, 4.69) is 10.3 Å². The second kappa shape index (κ2) is 10.7. The molecule has 3 aromatic rings. The second-order valence-electron chi connectivity index (χ2n) is 11.5. The maximum absolute atomic E-state index is 14.2. The molecule has 0 bridgehead atoms. The van der Waals surface area contributed by atoms with Crippen LogP contribution in [0, 0.1) is 12.3 Å². The smallest absolute Gasteiger partial charge is 0.416 e. The van der Waals surface area contributed by atoms with E-state index in [0.717, 1.165) is 6.07 Å². The standard InChI is InChI=1S/C30H33F3N4O5/c1-16-13-36(14-17(2)42-16)26(38)20-5-7-21(8-6-20)34-18(3)22-11-23-25(12-24(22)30(31,32)33)35-19(4)37(27(23)39)15-29(9-10-29)28(40)41/h5-8,11-12,16-18,34H,9-10,13-15H2,1-4H3,(H,40,41)/t16-,17+,18-/m0/s1. The van der Waals surface area contributed by atoms with Crippen LogP contribution in [-0.2, 0) is 22.3 Å². The number of nitrogens with one attached hydrogen (secondary N) is 1. The number of benzene rings is 2. The number of carboxylic acids is 1. The summed E-state index contributed by atoms with van der Waals surface area (Å²) >= 11 is 0. The Morgan fingerprint density at radius 2 is 1.76 bits per heavy atom. The summed E-state index contributed by atoms with van der Waals surface area (Å²) in [5, 5.41) is 12.6. The number of halogens is 3. The van der Waals surface area contributed by atoms with E-state index in [0.29, 0.717) is 37.2 Å². The van der Waals surface area contributed by atoms with E-state index in [1.807, 2.05) is 13.8 Å². The fourth-order valence-electron chi connectivity index (χ4n) is 5.64. The summed E-state index contributed by atoms with van der Waals surface area (Å²) in [6.45, 7) is 7.68. The predicted molar refractivity (Wildman–Crippen MR) is 149 cm³/mol. The molecular formula is C30H33F3N4O5. The summed E-state index contributed by atoms with van der Waals surface area (Å²) in [5.74, 6) is -1.01. The average molecular weight is 587 g/mol. The van der Waals surface area contributed by atoms with Gasteiger partial charge in [-0.2, -0.15) is 13.2 Å². The van der Waals surface area contributed by atoms with Crippen LogP contribution in [0.5, 0.6) is 0 Å². The lowest BCUT2D eigenvalue weighted by Crippen LogP contribution is -2.48. The SMILES string of the molecule is Cc1nc2cc(C(F)(F)F)c([C@H](C)Nc3ccc(C(=O)N4C[C@@H](C)O[C@@H](C)C4)cc3)cc2c(=O)n1CC1(C(=O)O)CC1. The van der Waals surface area contributed by atoms with E-state index in [1.165, 1.54) is 17.6 Å². The van der Waals surface area contributed by atoms with Gasteiger partial charge in [0.25, 0.3) is 11.5 Å². The molecule has 2 heterocycles. The predicted octanol–water partition coefficient (Wildman–Crippen LogP) is 5.01. The first-order chi connectivity index (χ1) is 19.7. The van der Waals surface area contributed by atoms with Gasteiger partial charge in [-0.05, 0) is 82.5 Å². The monoisotopic (exact) mass is 586 g/mol. The van der Waals surface area contributed by atoms with Crippen LogP contribution in [0.3, 0.4) is 0 Å². The van der Waals surface area contributed by atoms with Crippen molar-refractivity contribution in [3.63, 3.8) is 0 Å². The molecule has 1 aromatic heterocycles. The van der Waals surface area contributed by atoms with Gasteiger partial charge in [0.05, 0.1) is 34.1 Å². The highest BCUT2D eigenvalue weighted by Gasteiger charge is 2.51. The fourth-order valence-corrected chi connectivity index (χ4v) is 5.64. The highest BCUT2D eigenvalue weighted by atomic mass is 19.4. The molecule has 0 unspecified atom stereocenters. The van der Waals surface area contributed by atoms with E-state index in [-0.39, 0.29) is 47.0 Å². The Balaban J connectivity index is 1.44. The van der Waals surface area contributed by atoms with E-state index < -0.39 is 34.7 Å². The lowest BCUT2D eigenvalue weighted by atomic mass is 9.97. The van der Waals surface area contributed by atoms with Gasteiger partial charge >= 0.3 is 12.1 Å². The van der Waals surface area contributed by atoms with Crippen molar-refractivity contribution in [3.8, 4) is 0 Å². The molecule has 1 saturated carbocycles. The number of aromatic nitrogens is 2. The molecule has 0 radical (unpaired) electrons. The van der Waals surface area contributed by atoms with Crippen LogP contribution in [-0.4, -0.2) is 56.7 Å². The molecule has 1 aliphatic heterocycles. The molecule has 42 heavy (non-hydrogen) atoms. The molecule has 1 amide bonds. The topological polar surface area (TPSA) is 114 Å². The minimum atomic E-state index is -4.71. The first-order valence-corrected chi connectivity index (χ1v) is 13.9. The van der Waals surface area contributed by atoms with Gasteiger partial charge in [-0.1, -0.05) is 0 Å². The van der Waals surface area contributed by atoms with Gasteiger partial charge in [-0.3, -0.25) is 19.0 Å². The number of carboxylic acid groups (broad SMARTS) is 1. The third kappa shape index (κ3) is 5.72. The number of rotatable bonds is 7. The van der Waals surface area contributed by atoms with Crippen LogP contribution in [0.1, 0.15) is 67.0 Å². The van der Waals surface area contributed by atoms with Crippen molar-refractivity contribution in [2.24, 2.45) is 5.41 Å². The number of carbonyl (C=O) groups is 2. The molecule has 224 valence electrons. The third-order valence-corrected chi connectivity index (χ3v) is 8.08. The van der Waals surface area contributed by atoms with Crippen LogP contribution in [0.25, 0.3) is 10.9 Å². The maximum atomic E-state index is 14.2. The molecule has 2 aliphatic rings. The van der Waals surface area contributed by atoms with Crippen molar-refractivity contribution < 1.29 is 32.6 Å². The van der Waals surface area contributed by atoms with Gasteiger partial charge < -0.3 is 20.1 Å². The Morgan fingerprint density at radius 1 is 1.14 bits per heavy atom. The number of hydrogen-bond donors (Lipinski definition) is 2. The Morgan fingerprint density at radius 3 is 2.31 bits per heavy atom. The molecule has 0 spiro atoms. The van der Waals surface area contributed by atoms with Crippen LogP contribution < -0.4 is 10.9 Å². The minimum absolute atomic E-state index is 0.0200. The molecule has 1 saturated heterocycles. The van der Waals surface area contributed by atoms with Crippen LogP contribution >= 0.6 is 0 Å². The summed E-state index contributed by atoms with van der Waals surface area (Å²) in [6.07, 6.45) is -4.05. The fraction of sp³-hybridized carbons (Fsp3) is 0.467. The number of aryl methyl sites for hydroxylation is 1. The zero-order valence-electron chi connectivity index (χ0n) is 23.8. The number of carbonyl (C=O) groups excluding carboxylic acids is 1. The summed E-state index contributed by atoms with van der Waals surface area (Å²) in [7, 11) is 0. The van der Waals surface area contributed by atoms with Crippen molar-refractivity contribution in [1.82, 2.24) is 14.5 Å². The van der Waals surface area contributed by atoms with Gasteiger partial charge in [0.1, 0.15) is 5.82 Å². The minimum Gasteiger partial charge on any atom is -0.481 e.